The van der Waals surface area contributed by atoms with E-state index in [0.717, 1.165) is 11.3 Å². The van der Waals surface area contributed by atoms with E-state index in [0.29, 0.717) is 0 Å². The minimum atomic E-state index is 0.144. The van der Waals surface area contributed by atoms with Crippen molar-refractivity contribution in [3.05, 3.63) is 29.8 Å². The number of ketones is 1. The van der Waals surface area contributed by atoms with Crippen molar-refractivity contribution in [2.75, 3.05) is 5.75 Å². The van der Waals surface area contributed by atoms with Crippen molar-refractivity contribution in [1.29, 1.82) is 0 Å². The highest BCUT2D eigenvalue weighted by atomic mass is 32.2. The summed E-state index contributed by atoms with van der Waals surface area (Å²) in [6, 6.07) is 7.89. The molecule has 0 N–H and O–H groups in total. The molecule has 0 aliphatic carbocycles. The van der Waals surface area contributed by atoms with E-state index >= 15 is 0 Å². The lowest BCUT2D eigenvalue weighted by atomic mass is 10.2. The molecule has 0 unspecified atom stereocenters. The molecule has 1 aromatic rings. The van der Waals surface area contributed by atoms with Crippen LogP contribution in [-0.4, -0.2) is 11.5 Å². The molecule has 0 aromatic heterocycles. The maximum absolute atomic E-state index is 11.2. The van der Waals surface area contributed by atoms with E-state index < -0.39 is 0 Å². The third kappa shape index (κ3) is 4.52. The summed E-state index contributed by atoms with van der Waals surface area (Å²) in [5.41, 5.74) is 0.815. The molecule has 0 aliphatic rings. The van der Waals surface area contributed by atoms with Crippen molar-refractivity contribution < 1.29 is 4.79 Å². The molecule has 0 aliphatic heterocycles. The number of carbonyl (C=O) groups excluding carboxylic acids is 1. The number of benzene rings is 1. The van der Waals surface area contributed by atoms with Crippen LogP contribution in [0, 0.1) is 0 Å². The number of Topliss-reactive ketones (excluding diaryl/α,β-unsaturated/α-hetero) is 1. The Morgan fingerprint density at radius 2 is 2.13 bits per heavy atom. The van der Waals surface area contributed by atoms with Crippen LogP contribution in [0.2, 0.25) is 0 Å². The first kappa shape index (κ1) is 12.3. The summed E-state index contributed by atoms with van der Waals surface area (Å²) < 4.78 is 0. The van der Waals surface area contributed by atoms with Gasteiger partial charge in [0.15, 0.2) is 5.78 Å². The Balaban J connectivity index is 2.47. The lowest BCUT2D eigenvalue weighted by Gasteiger charge is -2.02. The van der Waals surface area contributed by atoms with Gasteiger partial charge in [0.2, 0.25) is 0 Å². The summed E-state index contributed by atoms with van der Waals surface area (Å²) >= 11 is 1.84. The molecule has 82 valence electrons. The third-order valence-electron chi connectivity index (χ3n) is 2.26. The van der Waals surface area contributed by atoms with Gasteiger partial charge in [0, 0.05) is 10.5 Å². The normalized spacial score (nSPS) is 10.3. The zero-order valence-electron chi connectivity index (χ0n) is 9.45. The maximum Gasteiger partial charge on any atom is 0.159 e. The van der Waals surface area contributed by atoms with Gasteiger partial charge in [-0.05, 0) is 31.2 Å². The summed E-state index contributed by atoms with van der Waals surface area (Å²) in [6.45, 7) is 3.82. The molecule has 0 bridgehead atoms. The minimum absolute atomic E-state index is 0.144. The van der Waals surface area contributed by atoms with Gasteiger partial charge in [-0.1, -0.05) is 31.9 Å². The summed E-state index contributed by atoms with van der Waals surface area (Å²) in [5.74, 6) is 1.29. The van der Waals surface area contributed by atoms with E-state index in [-0.39, 0.29) is 5.78 Å². The topological polar surface area (TPSA) is 17.1 Å². The average Bonchev–Trinajstić information content (AvgIpc) is 2.25. The maximum atomic E-state index is 11.2. The first-order valence-corrected chi connectivity index (χ1v) is 6.46. The molecule has 1 nitrogen and oxygen atoms in total. The van der Waals surface area contributed by atoms with E-state index in [4.69, 9.17) is 0 Å². The Morgan fingerprint density at radius 1 is 1.33 bits per heavy atom. The van der Waals surface area contributed by atoms with Gasteiger partial charge in [-0.2, -0.15) is 0 Å². The molecule has 0 saturated carbocycles. The number of hydrogen-bond donors (Lipinski definition) is 0. The monoisotopic (exact) mass is 222 g/mol. The molecule has 0 radical (unpaired) electrons. The fourth-order valence-electron chi connectivity index (χ4n) is 1.35. The summed E-state index contributed by atoms with van der Waals surface area (Å²) in [6.07, 6.45) is 3.80. The second-order valence-corrected chi connectivity index (χ2v) is 4.81. The van der Waals surface area contributed by atoms with Crippen LogP contribution in [0.25, 0.3) is 0 Å². The van der Waals surface area contributed by atoms with E-state index in [2.05, 4.69) is 13.0 Å². The van der Waals surface area contributed by atoms with Gasteiger partial charge in [-0.3, -0.25) is 4.79 Å². The molecule has 2 heteroatoms. The molecule has 0 saturated heterocycles. The van der Waals surface area contributed by atoms with Crippen LogP contribution in [0.4, 0.5) is 0 Å². The van der Waals surface area contributed by atoms with Crippen LogP contribution in [0.15, 0.2) is 29.2 Å². The van der Waals surface area contributed by atoms with Crippen molar-refractivity contribution in [2.24, 2.45) is 0 Å². The zero-order valence-corrected chi connectivity index (χ0v) is 10.3. The predicted molar refractivity (Wildman–Crippen MR) is 66.7 cm³/mol. The zero-order chi connectivity index (χ0) is 11.1. The lowest BCUT2D eigenvalue weighted by molar-refractivity contribution is 0.101. The van der Waals surface area contributed by atoms with Crippen molar-refractivity contribution in [3.63, 3.8) is 0 Å². The fraction of sp³-hybridized carbons (Fsp3) is 0.462. The molecule has 15 heavy (non-hydrogen) atoms. The molecule has 1 aromatic carbocycles. The second-order valence-electron chi connectivity index (χ2n) is 3.64. The van der Waals surface area contributed by atoms with E-state index in [1.165, 1.54) is 24.2 Å². The van der Waals surface area contributed by atoms with Crippen molar-refractivity contribution in [1.82, 2.24) is 0 Å². The molecular weight excluding hydrogens is 204 g/mol. The lowest BCUT2D eigenvalue weighted by Crippen LogP contribution is -1.91. The molecule has 0 spiro atoms. The first-order valence-electron chi connectivity index (χ1n) is 5.48. The van der Waals surface area contributed by atoms with Crippen molar-refractivity contribution >= 4 is 17.5 Å². The van der Waals surface area contributed by atoms with Crippen molar-refractivity contribution in [2.45, 2.75) is 38.0 Å². The van der Waals surface area contributed by atoms with E-state index in [9.17, 15) is 4.79 Å². The number of rotatable bonds is 6. The largest absolute Gasteiger partial charge is 0.295 e. The quantitative estimate of drug-likeness (QED) is 0.408. The van der Waals surface area contributed by atoms with Crippen LogP contribution in [0.1, 0.15) is 43.5 Å². The number of thioether (sulfide) groups is 1. The van der Waals surface area contributed by atoms with Crippen LogP contribution in [0.3, 0.4) is 0 Å². The number of hydrogen-bond acceptors (Lipinski definition) is 2. The van der Waals surface area contributed by atoms with Gasteiger partial charge in [0.05, 0.1) is 0 Å². The predicted octanol–water partition coefficient (Wildman–Crippen LogP) is 4.17. The van der Waals surface area contributed by atoms with Gasteiger partial charge < -0.3 is 0 Å². The van der Waals surface area contributed by atoms with Gasteiger partial charge in [0.1, 0.15) is 0 Å². The van der Waals surface area contributed by atoms with Gasteiger partial charge >= 0.3 is 0 Å². The van der Waals surface area contributed by atoms with Gasteiger partial charge in [-0.15, -0.1) is 11.8 Å². The summed E-state index contributed by atoms with van der Waals surface area (Å²) in [5, 5.41) is 0. The standard InChI is InChI=1S/C13H18OS/c1-3-4-5-9-15-13-8-6-7-12(10-13)11(2)14/h6-8,10H,3-5,9H2,1-2H3. The highest BCUT2D eigenvalue weighted by Gasteiger charge is 2.00. The van der Waals surface area contributed by atoms with Gasteiger partial charge in [0.25, 0.3) is 0 Å². The Hall–Kier alpha value is -0.760. The molecule has 0 fully saturated rings. The van der Waals surface area contributed by atoms with Crippen LogP contribution >= 0.6 is 11.8 Å². The van der Waals surface area contributed by atoms with Crippen LogP contribution < -0.4 is 0 Å². The fourth-order valence-corrected chi connectivity index (χ4v) is 2.32. The van der Waals surface area contributed by atoms with E-state index in [1.54, 1.807) is 6.92 Å². The summed E-state index contributed by atoms with van der Waals surface area (Å²) in [4.78, 5) is 12.4. The highest BCUT2D eigenvalue weighted by Crippen LogP contribution is 2.20. The highest BCUT2D eigenvalue weighted by molar-refractivity contribution is 7.99. The molecule has 0 amide bonds. The molecule has 0 heterocycles. The van der Waals surface area contributed by atoms with Gasteiger partial charge in [-0.25, -0.2) is 0 Å². The Labute approximate surface area is 96.3 Å². The molecule has 1 rings (SSSR count). The van der Waals surface area contributed by atoms with E-state index in [1.807, 2.05) is 30.0 Å². The van der Waals surface area contributed by atoms with Crippen LogP contribution in [0.5, 0.6) is 0 Å². The third-order valence-corrected chi connectivity index (χ3v) is 3.34. The Bertz CT molecular complexity index is 320. The first-order chi connectivity index (χ1) is 7.24. The van der Waals surface area contributed by atoms with Crippen LogP contribution in [-0.2, 0) is 0 Å². The summed E-state index contributed by atoms with van der Waals surface area (Å²) in [7, 11) is 0. The Morgan fingerprint density at radius 3 is 2.80 bits per heavy atom. The van der Waals surface area contributed by atoms with Crippen molar-refractivity contribution in [3.8, 4) is 0 Å². The Kier molecular flexibility index (Phi) is 5.48. The smallest absolute Gasteiger partial charge is 0.159 e. The number of unbranched alkanes of at least 4 members (excludes halogenated alkanes) is 2. The SMILES string of the molecule is CCCCCSc1cccc(C(C)=O)c1. The molecular formula is C13H18OS. The average molecular weight is 222 g/mol. The molecule has 0 atom stereocenters. The number of carbonyl (C=O) groups is 1. The second kappa shape index (κ2) is 6.67. The minimum Gasteiger partial charge on any atom is -0.295 e.